The molecule has 2 aromatic carbocycles. The van der Waals surface area contributed by atoms with E-state index in [2.05, 4.69) is 15.5 Å². The first kappa shape index (κ1) is 16.1. The molecule has 0 aliphatic rings. The lowest BCUT2D eigenvalue weighted by atomic mass is 10.1. The minimum Gasteiger partial charge on any atom is -0.497 e. The van der Waals surface area contributed by atoms with Crippen LogP contribution in [-0.4, -0.2) is 23.2 Å². The van der Waals surface area contributed by atoms with Crippen LogP contribution in [0.4, 0.5) is 0 Å². The zero-order valence-corrected chi connectivity index (χ0v) is 13.8. The van der Waals surface area contributed by atoms with Crippen LogP contribution < -0.4 is 10.1 Å². The van der Waals surface area contributed by atoms with E-state index in [1.165, 1.54) is 0 Å². The normalized spacial score (nSPS) is 10.4. The van der Waals surface area contributed by atoms with Crippen molar-refractivity contribution in [2.45, 2.75) is 6.54 Å². The molecule has 0 unspecified atom stereocenters. The molecule has 0 saturated carbocycles. The second-order valence-electron chi connectivity index (χ2n) is 5.17. The molecule has 3 aromatic rings. The van der Waals surface area contributed by atoms with Crippen LogP contribution >= 0.6 is 11.6 Å². The van der Waals surface area contributed by atoms with Crippen LogP contribution in [0.3, 0.4) is 0 Å². The highest BCUT2D eigenvalue weighted by Gasteiger charge is 2.12. The van der Waals surface area contributed by atoms with Crippen LogP contribution in [0.5, 0.6) is 5.75 Å². The number of amides is 1. The second kappa shape index (κ2) is 7.19. The van der Waals surface area contributed by atoms with Gasteiger partial charge in [0.05, 0.1) is 12.8 Å². The fourth-order valence-corrected chi connectivity index (χ4v) is 2.48. The fraction of sp³-hybridized carbons (Fsp3) is 0.111. The van der Waals surface area contributed by atoms with Crippen molar-refractivity contribution in [1.82, 2.24) is 15.5 Å². The van der Waals surface area contributed by atoms with E-state index >= 15 is 0 Å². The van der Waals surface area contributed by atoms with Crippen molar-refractivity contribution in [2.24, 2.45) is 0 Å². The van der Waals surface area contributed by atoms with E-state index in [0.717, 1.165) is 16.9 Å². The molecule has 24 heavy (non-hydrogen) atoms. The second-order valence-corrected chi connectivity index (χ2v) is 5.58. The average molecular weight is 342 g/mol. The number of carbonyl (C=O) groups excluding carboxylic acids is 1. The van der Waals surface area contributed by atoms with Crippen molar-refractivity contribution in [3.05, 3.63) is 70.9 Å². The molecule has 0 radical (unpaired) electrons. The molecule has 0 bridgehead atoms. The van der Waals surface area contributed by atoms with Gasteiger partial charge in [-0.2, -0.15) is 5.10 Å². The summed E-state index contributed by atoms with van der Waals surface area (Å²) in [6, 6.07) is 16.6. The Labute approximate surface area is 144 Å². The Morgan fingerprint density at radius 3 is 2.83 bits per heavy atom. The number of H-pyrrole nitrogens is 1. The van der Waals surface area contributed by atoms with E-state index in [0.29, 0.717) is 23.0 Å². The minimum absolute atomic E-state index is 0.239. The minimum atomic E-state index is -0.239. The number of nitrogens with one attached hydrogen (secondary N) is 2. The Morgan fingerprint density at radius 2 is 2.04 bits per heavy atom. The third-order valence-corrected chi connectivity index (χ3v) is 3.95. The number of halogens is 1. The van der Waals surface area contributed by atoms with Gasteiger partial charge >= 0.3 is 0 Å². The van der Waals surface area contributed by atoms with Gasteiger partial charge in [-0.1, -0.05) is 41.9 Å². The first-order chi connectivity index (χ1) is 11.7. The quantitative estimate of drug-likeness (QED) is 0.744. The zero-order valence-electron chi connectivity index (χ0n) is 13.0. The van der Waals surface area contributed by atoms with Crippen LogP contribution in [-0.2, 0) is 6.54 Å². The van der Waals surface area contributed by atoms with E-state index in [-0.39, 0.29) is 5.91 Å². The Morgan fingerprint density at radius 1 is 1.21 bits per heavy atom. The average Bonchev–Trinajstić information content (AvgIpc) is 3.11. The van der Waals surface area contributed by atoms with Crippen molar-refractivity contribution in [3.63, 3.8) is 0 Å². The number of rotatable bonds is 5. The van der Waals surface area contributed by atoms with Crippen LogP contribution in [0.15, 0.2) is 54.6 Å². The van der Waals surface area contributed by atoms with Gasteiger partial charge in [-0.25, -0.2) is 0 Å². The third-order valence-electron chi connectivity index (χ3n) is 3.59. The highest BCUT2D eigenvalue weighted by Crippen LogP contribution is 2.22. The monoisotopic (exact) mass is 341 g/mol. The molecule has 122 valence electrons. The topological polar surface area (TPSA) is 67.0 Å². The molecule has 0 aliphatic heterocycles. The van der Waals surface area contributed by atoms with Gasteiger partial charge in [-0.3, -0.25) is 9.89 Å². The van der Waals surface area contributed by atoms with Gasteiger partial charge in [-0.05, 0) is 29.8 Å². The maximum Gasteiger partial charge on any atom is 0.269 e. The standard InChI is InChI=1S/C18H16ClN3O2/c1-24-14-7-4-6-12(9-14)16-10-17(22-21-16)18(23)20-11-13-5-2-3-8-15(13)19/h2-10H,11H2,1H3,(H,20,23)(H,21,22). The van der Waals surface area contributed by atoms with Gasteiger partial charge in [-0.15, -0.1) is 0 Å². The lowest BCUT2D eigenvalue weighted by molar-refractivity contribution is 0.0946. The van der Waals surface area contributed by atoms with Crippen LogP contribution in [0.1, 0.15) is 16.1 Å². The zero-order chi connectivity index (χ0) is 16.9. The Bertz CT molecular complexity index is 861. The molecular formula is C18H16ClN3O2. The van der Waals surface area contributed by atoms with Crippen molar-refractivity contribution in [3.8, 4) is 17.0 Å². The predicted octanol–water partition coefficient (Wildman–Crippen LogP) is 3.67. The number of nitrogens with zero attached hydrogens (tertiary/aromatic N) is 1. The number of hydrogen-bond acceptors (Lipinski definition) is 3. The summed E-state index contributed by atoms with van der Waals surface area (Å²) in [5, 5.41) is 10.4. The first-order valence-corrected chi connectivity index (χ1v) is 7.76. The number of carbonyl (C=O) groups is 1. The predicted molar refractivity (Wildman–Crippen MR) is 93.2 cm³/mol. The molecule has 0 atom stereocenters. The number of aromatic nitrogens is 2. The molecule has 1 heterocycles. The molecule has 5 nitrogen and oxygen atoms in total. The van der Waals surface area contributed by atoms with E-state index < -0.39 is 0 Å². The number of hydrogen-bond donors (Lipinski definition) is 2. The number of ether oxygens (including phenoxy) is 1. The van der Waals surface area contributed by atoms with Crippen LogP contribution in [0, 0.1) is 0 Å². The number of methoxy groups -OCH3 is 1. The highest BCUT2D eigenvalue weighted by molar-refractivity contribution is 6.31. The van der Waals surface area contributed by atoms with Crippen LogP contribution in [0.2, 0.25) is 5.02 Å². The molecule has 6 heteroatoms. The van der Waals surface area contributed by atoms with Crippen LogP contribution in [0.25, 0.3) is 11.3 Å². The summed E-state index contributed by atoms with van der Waals surface area (Å²) in [4.78, 5) is 12.2. The summed E-state index contributed by atoms with van der Waals surface area (Å²) in [6.07, 6.45) is 0. The molecular weight excluding hydrogens is 326 g/mol. The van der Waals surface area contributed by atoms with Gasteiger partial charge in [0, 0.05) is 17.1 Å². The van der Waals surface area contributed by atoms with Gasteiger partial charge in [0.1, 0.15) is 11.4 Å². The maximum absolute atomic E-state index is 12.2. The summed E-state index contributed by atoms with van der Waals surface area (Å²) >= 11 is 6.08. The number of benzene rings is 2. The Kier molecular flexibility index (Phi) is 4.82. The lowest BCUT2D eigenvalue weighted by Crippen LogP contribution is -2.23. The SMILES string of the molecule is COc1cccc(-c2cc(C(=O)NCc3ccccc3Cl)[nH]n2)c1. The van der Waals surface area contributed by atoms with Crippen molar-refractivity contribution in [2.75, 3.05) is 7.11 Å². The largest absolute Gasteiger partial charge is 0.497 e. The smallest absolute Gasteiger partial charge is 0.269 e. The maximum atomic E-state index is 12.2. The summed E-state index contributed by atoms with van der Waals surface area (Å²) in [5.74, 6) is 0.497. The molecule has 2 N–H and O–H groups in total. The van der Waals surface area contributed by atoms with Gasteiger partial charge in [0.25, 0.3) is 5.91 Å². The van der Waals surface area contributed by atoms with Crippen molar-refractivity contribution in [1.29, 1.82) is 0 Å². The Hall–Kier alpha value is -2.79. The van der Waals surface area contributed by atoms with Gasteiger partial charge < -0.3 is 10.1 Å². The summed E-state index contributed by atoms with van der Waals surface area (Å²) in [5.41, 5.74) is 2.80. The summed E-state index contributed by atoms with van der Waals surface area (Å²) in [7, 11) is 1.61. The number of aromatic amines is 1. The molecule has 0 saturated heterocycles. The van der Waals surface area contributed by atoms with E-state index in [9.17, 15) is 4.79 Å². The molecule has 0 aliphatic carbocycles. The first-order valence-electron chi connectivity index (χ1n) is 7.39. The Balaban J connectivity index is 1.70. The molecule has 0 spiro atoms. The highest BCUT2D eigenvalue weighted by atomic mass is 35.5. The molecule has 0 fully saturated rings. The molecule has 1 amide bonds. The summed E-state index contributed by atoms with van der Waals surface area (Å²) < 4.78 is 5.20. The summed E-state index contributed by atoms with van der Waals surface area (Å²) in [6.45, 7) is 0.353. The van der Waals surface area contributed by atoms with Gasteiger partial charge in [0.15, 0.2) is 0 Å². The molecule has 1 aromatic heterocycles. The van der Waals surface area contributed by atoms with E-state index in [1.807, 2.05) is 42.5 Å². The van der Waals surface area contributed by atoms with Gasteiger partial charge in [0.2, 0.25) is 0 Å². The van der Waals surface area contributed by atoms with E-state index in [1.54, 1.807) is 19.2 Å². The lowest BCUT2D eigenvalue weighted by Gasteiger charge is -2.05. The third kappa shape index (κ3) is 3.58. The van der Waals surface area contributed by atoms with E-state index in [4.69, 9.17) is 16.3 Å². The fourth-order valence-electron chi connectivity index (χ4n) is 2.28. The van der Waals surface area contributed by atoms with Crippen molar-refractivity contribution >= 4 is 17.5 Å². The molecule has 3 rings (SSSR count). The van der Waals surface area contributed by atoms with Crippen molar-refractivity contribution < 1.29 is 9.53 Å².